The summed E-state index contributed by atoms with van der Waals surface area (Å²) in [7, 11) is 0. The fraction of sp³-hybridized carbons (Fsp3) is 1.00. The fourth-order valence-electron chi connectivity index (χ4n) is 2.51. The first-order valence-corrected chi connectivity index (χ1v) is 7.29. The SMILES string of the molecule is CCN(CC1(CBr)CCOCC1)C1CC1. The molecule has 0 spiro atoms. The average molecular weight is 276 g/mol. The lowest BCUT2D eigenvalue weighted by molar-refractivity contribution is 0.00756. The van der Waals surface area contributed by atoms with Crippen molar-refractivity contribution in [2.45, 2.75) is 38.6 Å². The Kier molecular flexibility index (Phi) is 4.08. The third kappa shape index (κ3) is 2.95. The first-order chi connectivity index (χ1) is 7.29. The molecule has 2 fully saturated rings. The van der Waals surface area contributed by atoms with Crippen molar-refractivity contribution in [2.24, 2.45) is 5.41 Å². The minimum Gasteiger partial charge on any atom is -0.381 e. The highest BCUT2D eigenvalue weighted by Crippen LogP contribution is 2.37. The molecule has 1 aliphatic carbocycles. The summed E-state index contributed by atoms with van der Waals surface area (Å²) in [4.78, 5) is 2.67. The number of alkyl halides is 1. The highest BCUT2D eigenvalue weighted by atomic mass is 79.9. The Hall–Kier alpha value is 0.400. The molecule has 1 heterocycles. The van der Waals surface area contributed by atoms with E-state index in [9.17, 15) is 0 Å². The van der Waals surface area contributed by atoms with Gasteiger partial charge in [0.2, 0.25) is 0 Å². The van der Waals surface area contributed by atoms with Gasteiger partial charge in [0, 0.05) is 31.1 Å². The minimum absolute atomic E-state index is 0.483. The second-order valence-electron chi connectivity index (χ2n) is 5.04. The van der Waals surface area contributed by atoms with Crippen molar-refractivity contribution in [1.29, 1.82) is 0 Å². The van der Waals surface area contributed by atoms with Crippen molar-refractivity contribution in [3.8, 4) is 0 Å². The lowest BCUT2D eigenvalue weighted by Crippen LogP contribution is -2.43. The van der Waals surface area contributed by atoms with Crippen LogP contribution >= 0.6 is 15.9 Å². The van der Waals surface area contributed by atoms with Gasteiger partial charge in [-0.05, 0) is 37.6 Å². The summed E-state index contributed by atoms with van der Waals surface area (Å²) < 4.78 is 5.48. The first kappa shape index (κ1) is 11.9. The van der Waals surface area contributed by atoms with Crippen LogP contribution in [0.2, 0.25) is 0 Å². The Labute approximate surface area is 101 Å². The van der Waals surface area contributed by atoms with E-state index in [1.165, 1.54) is 38.8 Å². The number of halogens is 1. The molecule has 1 saturated heterocycles. The molecule has 3 heteroatoms. The zero-order valence-corrected chi connectivity index (χ0v) is 11.3. The van der Waals surface area contributed by atoms with E-state index in [4.69, 9.17) is 4.74 Å². The van der Waals surface area contributed by atoms with Crippen LogP contribution in [0, 0.1) is 5.41 Å². The molecule has 2 aliphatic rings. The van der Waals surface area contributed by atoms with Gasteiger partial charge in [-0.3, -0.25) is 0 Å². The maximum absolute atomic E-state index is 5.48. The van der Waals surface area contributed by atoms with Crippen LogP contribution < -0.4 is 0 Å². The third-order valence-electron chi connectivity index (χ3n) is 3.84. The lowest BCUT2D eigenvalue weighted by atomic mass is 9.82. The van der Waals surface area contributed by atoms with Crippen molar-refractivity contribution < 1.29 is 4.74 Å². The minimum atomic E-state index is 0.483. The molecule has 0 aromatic rings. The molecule has 0 aromatic heterocycles. The molecule has 1 saturated carbocycles. The van der Waals surface area contributed by atoms with Crippen LogP contribution in [0.3, 0.4) is 0 Å². The van der Waals surface area contributed by atoms with E-state index in [-0.39, 0.29) is 0 Å². The molecule has 88 valence electrons. The highest BCUT2D eigenvalue weighted by molar-refractivity contribution is 9.09. The fourth-order valence-corrected chi connectivity index (χ4v) is 3.25. The van der Waals surface area contributed by atoms with E-state index in [1.807, 2.05) is 0 Å². The Bertz CT molecular complexity index is 200. The van der Waals surface area contributed by atoms with E-state index in [2.05, 4.69) is 27.8 Å². The molecular formula is C12H22BrNO. The van der Waals surface area contributed by atoms with E-state index >= 15 is 0 Å². The topological polar surface area (TPSA) is 12.5 Å². The summed E-state index contributed by atoms with van der Waals surface area (Å²) in [5.74, 6) is 0. The molecule has 0 radical (unpaired) electrons. The second kappa shape index (κ2) is 5.15. The number of ether oxygens (including phenoxy) is 1. The van der Waals surface area contributed by atoms with Crippen LogP contribution in [0.4, 0.5) is 0 Å². The maximum Gasteiger partial charge on any atom is 0.0472 e. The van der Waals surface area contributed by atoms with Gasteiger partial charge in [-0.2, -0.15) is 0 Å². The quantitative estimate of drug-likeness (QED) is 0.716. The Morgan fingerprint density at radius 2 is 2.00 bits per heavy atom. The van der Waals surface area contributed by atoms with Crippen LogP contribution in [0.1, 0.15) is 32.6 Å². The van der Waals surface area contributed by atoms with Crippen molar-refractivity contribution in [2.75, 3.05) is 31.6 Å². The van der Waals surface area contributed by atoms with Gasteiger partial charge in [-0.25, -0.2) is 0 Å². The van der Waals surface area contributed by atoms with Crippen LogP contribution in [-0.2, 0) is 4.74 Å². The van der Waals surface area contributed by atoms with Crippen molar-refractivity contribution in [3.05, 3.63) is 0 Å². The van der Waals surface area contributed by atoms with Gasteiger partial charge < -0.3 is 9.64 Å². The van der Waals surface area contributed by atoms with Gasteiger partial charge in [0.25, 0.3) is 0 Å². The summed E-state index contributed by atoms with van der Waals surface area (Å²) in [6.45, 7) is 6.67. The molecule has 2 rings (SSSR count). The molecule has 0 N–H and O–H groups in total. The standard InChI is InChI=1S/C12H22BrNO/c1-2-14(11-3-4-11)10-12(9-13)5-7-15-8-6-12/h11H,2-10H2,1H3. The van der Waals surface area contributed by atoms with Gasteiger partial charge in [-0.15, -0.1) is 0 Å². The summed E-state index contributed by atoms with van der Waals surface area (Å²) in [5.41, 5.74) is 0.483. The van der Waals surface area contributed by atoms with Gasteiger partial charge in [0.05, 0.1) is 0 Å². The van der Waals surface area contributed by atoms with Gasteiger partial charge in [-0.1, -0.05) is 22.9 Å². The largest absolute Gasteiger partial charge is 0.381 e. The normalized spacial score (nSPS) is 25.8. The number of hydrogen-bond donors (Lipinski definition) is 0. The van der Waals surface area contributed by atoms with Crippen molar-refractivity contribution in [3.63, 3.8) is 0 Å². The van der Waals surface area contributed by atoms with E-state index in [0.717, 1.165) is 24.6 Å². The first-order valence-electron chi connectivity index (χ1n) is 6.17. The van der Waals surface area contributed by atoms with Crippen LogP contribution in [0.25, 0.3) is 0 Å². The van der Waals surface area contributed by atoms with E-state index < -0.39 is 0 Å². The van der Waals surface area contributed by atoms with Gasteiger partial charge in [0.1, 0.15) is 0 Å². The predicted octanol–water partition coefficient (Wildman–Crippen LogP) is 2.66. The zero-order chi connectivity index (χ0) is 10.7. The van der Waals surface area contributed by atoms with Crippen LogP contribution in [0.5, 0.6) is 0 Å². The average Bonchev–Trinajstić information content (AvgIpc) is 3.11. The second-order valence-corrected chi connectivity index (χ2v) is 5.60. The Morgan fingerprint density at radius 1 is 1.33 bits per heavy atom. The van der Waals surface area contributed by atoms with Crippen molar-refractivity contribution >= 4 is 15.9 Å². The molecule has 2 nitrogen and oxygen atoms in total. The van der Waals surface area contributed by atoms with Gasteiger partial charge >= 0.3 is 0 Å². The van der Waals surface area contributed by atoms with Crippen LogP contribution in [-0.4, -0.2) is 42.6 Å². The summed E-state index contributed by atoms with van der Waals surface area (Å²) in [6, 6.07) is 0.897. The summed E-state index contributed by atoms with van der Waals surface area (Å²) in [6.07, 6.45) is 5.29. The van der Waals surface area contributed by atoms with Gasteiger partial charge in [0.15, 0.2) is 0 Å². The molecule has 0 bridgehead atoms. The molecular weight excluding hydrogens is 254 g/mol. The molecule has 15 heavy (non-hydrogen) atoms. The Balaban J connectivity index is 1.92. The summed E-state index contributed by atoms with van der Waals surface area (Å²) >= 11 is 3.71. The smallest absolute Gasteiger partial charge is 0.0472 e. The number of nitrogens with zero attached hydrogens (tertiary/aromatic N) is 1. The maximum atomic E-state index is 5.48. The number of hydrogen-bond acceptors (Lipinski definition) is 2. The van der Waals surface area contributed by atoms with Crippen molar-refractivity contribution in [1.82, 2.24) is 4.90 Å². The van der Waals surface area contributed by atoms with E-state index in [0.29, 0.717) is 5.41 Å². The molecule has 0 unspecified atom stereocenters. The summed E-state index contributed by atoms with van der Waals surface area (Å²) in [5, 5.41) is 1.13. The van der Waals surface area contributed by atoms with Crippen LogP contribution in [0.15, 0.2) is 0 Å². The monoisotopic (exact) mass is 275 g/mol. The molecule has 1 aliphatic heterocycles. The Morgan fingerprint density at radius 3 is 2.47 bits per heavy atom. The van der Waals surface area contributed by atoms with E-state index in [1.54, 1.807) is 0 Å². The molecule has 0 aromatic carbocycles. The third-order valence-corrected chi connectivity index (χ3v) is 5.03. The molecule has 0 atom stereocenters. The lowest BCUT2D eigenvalue weighted by Gasteiger charge is -2.39. The zero-order valence-electron chi connectivity index (χ0n) is 9.67. The predicted molar refractivity (Wildman–Crippen MR) is 66.5 cm³/mol. The highest BCUT2D eigenvalue weighted by Gasteiger charge is 2.37. The molecule has 0 amide bonds. The number of rotatable bonds is 5.